The molecule has 39 heavy (non-hydrogen) atoms. The number of rotatable bonds is 14. The van der Waals surface area contributed by atoms with Crippen molar-refractivity contribution in [2.75, 3.05) is 7.11 Å². The Morgan fingerprint density at radius 2 is 1.59 bits per heavy atom. The summed E-state index contributed by atoms with van der Waals surface area (Å²) in [7, 11) is 1.40. The number of allylic oxidation sites excluding steroid dienone is 2. The number of unbranched alkanes of at least 4 members (excludes halogenated alkanes) is 3. The van der Waals surface area contributed by atoms with E-state index in [0.29, 0.717) is 6.42 Å². The van der Waals surface area contributed by atoms with Crippen LogP contribution in [0.4, 0.5) is 0 Å². The van der Waals surface area contributed by atoms with E-state index < -0.39 is 53.5 Å². The molecule has 0 bridgehead atoms. The quantitative estimate of drug-likeness (QED) is 0.138. The highest BCUT2D eigenvalue weighted by atomic mass is 35.5. The van der Waals surface area contributed by atoms with E-state index in [4.69, 9.17) is 25.8 Å². The Bertz CT molecular complexity index is 897. The highest BCUT2D eigenvalue weighted by molar-refractivity contribution is 6.44. The number of hydrogen-bond donors (Lipinski definition) is 1. The molecule has 5 atom stereocenters. The van der Waals surface area contributed by atoms with Crippen molar-refractivity contribution in [1.82, 2.24) is 0 Å². The highest BCUT2D eigenvalue weighted by Gasteiger charge is 2.55. The van der Waals surface area contributed by atoms with Crippen LogP contribution in [0.5, 0.6) is 0 Å². The third-order valence-electron chi connectivity index (χ3n) is 5.77. The molecule has 1 N–H and O–H groups in total. The maximum Gasteiger partial charge on any atom is 0.305 e. The van der Waals surface area contributed by atoms with Crippen molar-refractivity contribution in [3.63, 3.8) is 0 Å². The second-order valence-corrected chi connectivity index (χ2v) is 9.69. The molecule has 0 radical (unpaired) electrons. The van der Waals surface area contributed by atoms with Crippen LogP contribution in [-0.4, -0.2) is 65.8 Å². The zero-order valence-electron chi connectivity index (χ0n) is 24.0. The van der Waals surface area contributed by atoms with E-state index in [2.05, 4.69) is 11.7 Å². The zero-order valence-corrected chi connectivity index (χ0v) is 24.7. The molecule has 1 aliphatic carbocycles. The number of aliphatic hydroxyl groups is 1. The fourth-order valence-electron chi connectivity index (χ4n) is 4.05. The largest absolute Gasteiger partial charge is 0.469 e. The minimum atomic E-state index is -1.79. The molecule has 0 aromatic heterocycles. The first-order valence-corrected chi connectivity index (χ1v) is 13.5. The normalized spacial score (nSPS) is 20.7. The average molecular weight is 575 g/mol. The smallest absolute Gasteiger partial charge is 0.305 e. The topological polar surface area (TPSA) is 143 Å². The van der Waals surface area contributed by atoms with Crippen molar-refractivity contribution in [3.8, 4) is 0 Å². The van der Waals surface area contributed by atoms with Gasteiger partial charge in [-0.15, -0.1) is 0 Å². The molecule has 1 rings (SSSR count). The Morgan fingerprint density at radius 3 is 2.05 bits per heavy atom. The van der Waals surface area contributed by atoms with E-state index >= 15 is 0 Å². The maximum absolute atomic E-state index is 12.9. The van der Waals surface area contributed by atoms with Gasteiger partial charge in [-0.25, -0.2) is 0 Å². The van der Waals surface area contributed by atoms with Crippen LogP contribution >= 0.6 is 11.6 Å². The molecule has 0 saturated heterocycles. The SMILES string of the molecule is CCCC(=O)OC.CCCCC/C=C\C[C@@]1(O)C=C(Cl)C(=O)[C@@H]1C(OC(C)=O)C(OC(C)=O)C(C)OC(C)=O. The predicted molar refractivity (Wildman–Crippen MR) is 145 cm³/mol. The third kappa shape index (κ3) is 13.3. The monoisotopic (exact) mass is 574 g/mol. The van der Waals surface area contributed by atoms with Gasteiger partial charge in [0.05, 0.1) is 18.1 Å². The molecule has 0 spiro atoms. The standard InChI is InChI=1S/C23H33ClO8.C5H10O2/c1-6-7-8-9-10-11-12-23(29)13-18(24)20(28)19(23)22(32-17(5)27)21(31-16(4)26)14(2)30-15(3)25;1-3-4-5(6)7-2/h10-11,13-14,19,21-22,29H,6-9,12H2,1-5H3;3-4H2,1-2H3/b11-10-;/t14?,19-,21?,22?,23-;/m1./s1. The Balaban J connectivity index is 0.00000181. The molecule has 10 nitrogen and oxygen atoms in total. The van der Waals surface area contributed by atoms with Crippen LogP contribution in [0.1, 0.15) is 86.5 Å². The van der Waals surface area contributed by atoms with E-state index in [-0.39, 0.29) is 17.4 Å². The molecule has 0 fully saturated rings. The molecular formula is C28H43ClO10. The van der Waals surface area contributed by atoms with E-state index in [1.165, 1.54) is 27.0 Å². The number of ether oxygens (including phenoxy) is 4. The van der Waals surface area contributed by atoms with Crippen LogP contribution in [0.3, 0.4) is 0 Å². The Kier molecular flexibility index (Phi) is 17.3. The summed E-state index contributed by atoms with van der Waals surface area (Å²) in [6.45, 7) is 8.89. The molecule has 3 unspecified atom stereocenters. The van der Waals surface area contributed by atoms with Gasteiger partial charge in [-0.1, -0.05) is 50.4 Å². The summed E-state index contributed by atoms with van der Waals surface area (Å²) in [5, 5.41) is 11.1. The highest BCUT2D eigenvalue weighted by Crippen LogP contribution is 2.41. The summed E-state index contributed by atoms with van der Waals surface area (Å²) >= 11 is 6.07. The van der Waals surface area contributed by atoms with Crippen LogP contribution in [0.25, 0.3) is 0 Å². The molecule has 0 aliphatic heterocycles. The number of hydrogen-bond acceptors (Lipinski definition) is 10. The summed E-state index contributed by atoms with van der Waals surface area (Å²) in [5.74, 6) is -4.31. The number of carbonyl (C=O) groups excluding carboxylic acids is 5. The summed E-state index contributed by atoms with van der Waals surface area (Å²) in [6.07, 6.45) is 6.41. The van der Waals surface area contributed by atoms with Crippen LogP contribution < -0.4 is 0 Å². The van der Waals surface area contributed by atoms with Crippen LogP contribution in [0, 0.1) is 5.92 Å². The molecular weight excluding hydrogens is 532 g/mol. The van der Waals surface area contributed by atoms with Gasteiger partial charge >= 0.3 is 23.9 Å². The lowest BCUT2D eigenvalue weighted by Gasteiger charge is -2.38. The van der Waals surface area contributed by atoms with E-state index in [0.717, 1.165) is 46.0 Å². The Morgan fingerprint density at radius 1 is 1.00 bits per heavy atom. The predicted octanol–water partition coefficient (Wildman–Crippen LogP) is 4.34. The van der Waals surface area contributed by atoms with Crippen molar-refractivity contribution in [3.05, 3.63) is 23.3 Å². The van der Waals surface area contributed by atoms with Gasteiger partial charge in [-0.2, -0.15) is 0 Å². The van der Waals surface area contributed by atoms with E-state index in [1.54, 1.807) is 6.08 Å². The van der Waals surface area contributed by atoms with Crippen LogP contribution in [0.15, 0.2) is 23.3 Å². The summed E-state index contributed by atoms with van der Waals surface area (Å²) in [6, 6.07) is 0. The number of Topliss-reactive ketones (excluding diaryl/α,β-unsaturated/α-hetero) is 1. The zero-order chi connectivity index (χ0) is 30.2. The third-order valence-corrected chi connectivity index (χ3v) is 6.07. The van der Waals surface area contributed by atoms with Gasteiger partial charge in [0.25, 0.3) is 0 Å². The lowest BCUT2D eigenvalue weighted by atomic mass is 9.79. The van der Waals surface area contributed by atoms with Gasteiger partial charge in [-0.05, 0) is 38.7 Å². The number of carbonyl (C=O) groups is 5. The van der Waals surface area contributed by atoms with Gasteiger partial charge in [0.15, 0.2) is 18.0 Å². The lowest BCUT2D eigenvalue weighted by Crippen LogP contribution is -2.54. The fraction of sp³-hybridized carbons (Fsp3) is 0.679. The second kappa shape index (κ2) is 18.5. The second-order valence-electron chi connectivity index (χ2n) is 9.29. The van der Waals surface area contributed by atoms with Crippen LogP contribution in [-0.2, 0) is 42.9 Å². The number of esters is 4. The van der Waals surface area contributed by atoms with Gasteiger partial charge in [0.1, 0.15) is 11.7 Å². The summed E-state index contributed by atoms with van der Waals surface area (Å²) in [5.41, 5.74) is -1.79. The molecule has 1 aliphatic rings. The van der Waals surface area contributed by atoms with Crippen molar-refractivity contribution in [1.29, 1.82) is 0 Å². The first-order chi connectivity index (χ1) is 18.2. The van der Waals surface area contributed by atoms with Gasteiger partial charge in [-0.3, -0.25) is 24.0 Å². The van der Waals surface area contributed by atoms with Gasteiger partial charge in [0, 0.05) is 27.2 Å². The fourth-order valence-corrected chi connectivity index (χ4v) is 4.36. The molecule has 11 heteroatoms. The number of methoxy groups -OCH3 is 1. The molecule has 0 amide bonds. The number of halogens is 1. The van der Waals surface area contributed by atoms with Gasteiger partial charge in [0.2, 0.25) is 0 Å². The first kappa shape index (κ1) is 36.3. The van der Waals surface area contributed by atoms with Crippen molar-refractivity contribution < 1.29 is 48.0 Å². The Labute approximate surface area is 236 Å². The van der Waals surface area contributed by atoms with Gasteiger partial charge < -0.3 is 24.1 Å². The first-order valence-electron chi connectivity index (χ1n) is 13.1. The molecule has 0 aromatic carbocycles. The van der Waals surface area contributed by atoms with Crippen molar-refractivity contribution in [2.45, 2.75) is 110 Å². The minimum absolute atomic E-state index is 0.0260. The lowest BCUT2D eigenvalue weighted by molar-refractivity contribution is -0.192. The molecule has 0 heterocycles. The molecule has 0 saturated carbocycles. The number of ketones is 1. The maximum atomic E-state index is 12.9. The molecule has 0 aromatic rings. The average Bonchev–Trinajstić information content (AvgIpc) is 3.06. The van der Waals surface area contributed by atoms with E-state index in [9.17, 15) is 29.1 Å². The van der Waals surface area contributed by atoms with Crippen LogP contribution in [0.2, 0.25) is 0 Å². The molecule has 222 valence electrons. The summed E-state index contributed by atoms with van der Waals surface area (Å²) < 4.78 is 20.2. The minimum Gasteiger partial charge on any atom is -0.469 e. The van der Waals surface area contributed by atoms with Crippen molar-refractivity contribution >= 4 is 41.3 Å². The summed E-state index contributed by atoms with van der Waals surface area (Å²) in [4.78, 5) is 58.2. The van der Waals surface area contributed by atoms with E-state index in [1.807, 2.05) is 13.0 Å². The Hall–Kier alpha value is -2.72. The van der Waals surface area contributed by atoms with Crippen molar-refractivity contribution in [2.24, 2.45) is 5.92 Å².